The van der Waals surface area contributed by atoms with E-state index < -0.39 is 0 Å². The number of aryl methyl sites for hydroxylation is 1. The number of benzene rings is 2. The number of rotatable bonds is 6. The zero-order chi connectivity index (χ0) is 13.5. The molecule has 100 valence electrons. The third-order valence-electron chi connectivity index (χ3n) is 3.18. The van der Waals surface area contributed by atoms with Crippen molar-refractivity contribution in [1.29, 1.82) is 0 Å². The van der Waals surface area contributed by atoms with Crippen molar-refractivity contribution in [2.24, 2.45) is 0 Å². The Morgan fingerprint density at radius 2 is 1.11 bits per heavy atom. The van der Waals surface area contributed by atoms with E-state index in [1.54, 1.807) is 0 Å². The SMILES string of the molecule is CNCc1ccc(CNCc2ccc(C)cc2)cc1. The minimum Gasteiger partial charge on any atom is -0.316 e. The zero-order valence-electron chi connectivity index (χ0n) is 11.7. The highest BCUT2D eigenvalue weighted by atomic mass is 14.8. The second-order valence-electron chi connectivity index (χ2n) is 4.94. The largest absolute Gasteiger partial charge is 0.316 e. The van der Waals surface area contributed by atoms with Crippen LogP contribution in [0.1, 0.15) is 22.3 Å². The lowest BCUT2D eigenvalue weighted by molar-refractivity contribution is 0.692. The predicted octanol–water partition coefficient (Wildman–Crippen LogP) is 3.00. The molecule has 2 aromatic carbocycles. The summed E-state index contributed by atoms with van der Waals surface area (Å²) in [5, 5.41) is 6.63. The van der Waals surface area contributed by atoms with Crippen LogP contribution in [0.3, 0.4) is 0 Å². The molecular formula is C17H22N2. The highest BCUT2D eigenvalue weighted by Gasteiger charge is 1.95. The maximum atomic E-state index is 3.47. The van der Waals surface area contributed by atoms with Crippen LogP contribution in [0, 0.1) is 6.92 Å². The molecule has 0 unspecified atom stereocenters. The van der Waals surface area contributed by atoms with Crippen molar-refractivity contribution in [3.63, 3.8) is 0 Å². The second-order valence-corrected chi connectivity index (χ2v) is 4.94. The van der Waals surface area contributed by atoms with Crippen molar-refractivity contribution >= 4 is 0 Å². The van der Waals surface area contributed by atoms with Gasteiger partial charge in [-0.3, -0.25) is 0 Å². The molecular weight excluding hydrogens is 232 g/mol. The highest BCUT2D eigenvalue weighted by Crippen LogP contribution is 2.06. The molecule has 0 atom stereocenters. The first-order chi connectivity index (χ1) is 9.28. The first-order valence-electron chi connectivity index (χ1n) is 6.76. The summed E-state index contributed by atoms with van der Waals surface area (Å²) in [6.45, 7) is 4.87. The fourth-order valence-corrected chi connectivity index (χ4v) is 2.04. The Hall–Kier alpha value is -1.64. The van der Waals surface area contributed by atoms with Crippen LogP contribution in [0.4, 0.5) is 0 Å². The van der Waals surface area contributed by atoms with Crippen molar-refractivity contribution in [1.82, 2.24) is 10.6 Å². The van der Waals surface area contributed by atoms with Gasteiger partial charge < -0.3 is 10.6 Å². The van der Waals surface area contributed by atoms with Gasteiger partial charge in [-0.05, 0) is 30.7 Å². The fourth-order valence-electron chi connectivity index (χ4n) is 2.04. The quantitative estimate of drug-likeness (QED) is 0.828. The molecule has 0 aliphatic heterocycles. The molecule has 2 N–H and O–H groups in total. The Morgan fingerprint density at radius 3 is 1.58 bits per heavy atom. The molecule has 0 bridgehead atoms. The summed E-state index contributed by atoms with van der Waals surface area (Å²) in [5.41, 5.74) is 5.29. The molecule has 0 aromatic heterocycles. The third-order valence-corrected chi connectivity index (χ3v) is 3.18. The van der Waals surface area contributed by atoms with Crippen molar-refractivity contribution in [2.75, 3.05) is 7.05 Å². The third kappa shape index (κ3) is 4.51. The van der Waals surface area contributed by atoms with E-state index in [2.05, 4.69) is 66.1 Å². The smallest absolute Gasteiger partial charge is 0.0208 e. The summed E-state index contributed by atoms with van der Waals surface area (Å²) >= 11 is 0. The minimum atomic E-state index is 0.910. The van der Waals surface area contributed by atoms with E-state index in [1.165, 1.54) is 22.3 Å². The van der Waals surface area contributed by atoms with Crippen LogP contribution >= 0.6 is 0 Å². The summed E-state index contributed by atoms with van der Waals surface area (Å²) in [6, 6.07) is 17.4. The van der Waals surface area contributed by atoms with Crippen LogP contribution in [-0.4, -0.2) is 7.05 Å². The Morgan fingerprint density at radius 1 is 0.684 bits per heavy atom. The molecule has 0 saturated carbocycles. The fraction of sp³-hybridized carbons (Fsp3) is 0.294. The lowest BCUT2D eigenvalue weighted by atomic mass is 10.1. The van der Waals surface area contributed by atoms with Crippen LogP contribution in [-0.2, 0) is 19.6 Å². The molecule has 0 heterocycles. The summed E-state index contributed by atoms with van der Waals surface area (Å²) in [7, 11) is 1.97. The molecule has 0 spiro atoms. The molecule has 19 heavy (non-hydrogen) atoms. The maximum Gasteiger partial charge on any atom is 0.0208 e. The number of nitrogens with one attached hydrogen (secondary N) is 2. The van der Waals surface area contributed by atoms with E-state index in [9.17, 15) is 0 Å². The van der Waals surface area contributed by atoms with Crippen molar-refractivity contribution in [2.45, 2.75) is 26.6 Å². The van der Waals surface area contributed by atoms with E-state index in [1.807, 2.05) is 7.05 Å². The van der Waals surface area contributed by atoms with E-state index in [0.29, 0.717) is 0 Å². The first kappa shape index (κ1) is 13.8. The van der Waals surface area contributed by atoms with Crippen molar-refractivity contribution in [3.8, 4) is 0 Å². The normalized spacial score (nSPS) is 10.6. The van der Waals surface area contributed by atoms with Gasteiger partial charge in [0.1, 0.15) is 0 Å². The van der Waals surface area contributed by atoms with E-state index >= 15 is 0 Å². The van der Waals surface area contributed by atoms with Gasteiger partial charge in [-0.15, -0.1) is 0 Å². The maximum absolute atomic E-state index is 3.47. The van der Waals surface area contributed by atoms with Gasteiger partial charge >= 0.3 is 0 Å². The monoisotopic (exact) mass is 254 g/mol. The van der Waals surface area contributed by atoms with Crippen LogP contribution in [0.25, 0.3) is 0 Å². The molecule has 0 amide bonds. The molecule has 2 heteroatoms. The lowest BCUT2D eigenvalue weighted by Crippen LogP contribution is -2.12. The summed E-state index contributed by atoms with van der Waals surface area (Å²) in [4.78, 5) is 0. The predicted molar refractivity (Wildman–Crippen MR) is 80.9 cm³/mol. The molecule has 2 rings (SSSR count). The number of hydrogen-bond acceptors (Lipinski definition) is 2. The lowest BCUT2D eigenvalue weighted by Gasteiger charge is -2.07. The zero-order valence-corrected chi connectivity index (χ0v) is 11.7. The molecule has 0 fully saturated rings. The summed E-state index contributed by atoms with van der Waals surface area (Å²) in [5.74, 6) is 0. The van der Waals surface area contributed by atoms with E-state index in [-0.39, 0.29) is 0 Å². The first-order valence-corrected chi connectivity index (χ1v) is 6.76. The standard InChI is InChI=1S/C17H22N2/c1-14-3-5-16(6-4-14)12-19-13-17-9-7-15(8-10-17)11-18-2/h3-10,18-19H,11-13H2,1-2H3. The molecule has 2 nitrogen and oxygen atoms in total. The van der Waals surface area contributed by atoms with Crippen LogP contribution in [0.15, 0.2) is 48.5 Å². The Kier molecular flexibility index (Phi) is 5.13. The van der Waals surface area contributed by atoms with Gasteiger partial charge in [0.2, 0.25) is 0 Å². The summed E-state index contributed by atoms with van der Waals surface area (Å²) < 4.78 is 0. The van der Waals surface area contributed by atoms with Crippen molar-refractivity contribution in [3.05, 3.63) is 70.8 Å². The molecule has 0 aliphatic rings. The van der Waals surface area contributed by atoms with Crippen LogP contribution < -0.4 is 10.6 Å². The van der Waals surface area contributed by atoms with Gasteiger partial charge in [-0.2, -0.15) is 0 Å². The van der Waals surface area contributed by atoms with Gasteiger partial charge in [0.25, 0.3) is 0 Å². The second kappa shape index (κ2) is 7.07. The van der Waals surface area contributed by atoms with Crippen LogP contribution in [0.2, 0.25) is 0 Å². The average Bonchev–Trinajstić information content (AvgIpc) is 2.43. The topological polar surface area (TPSA) is 24.1 Å². The minimum absolute atomic E-state index is 0.910. The van der Waals surface area contributed by atoms with Gasteiger partial charge in [0, 0.05) is 19.6 Å². The molecule has 0 radical (unpaired) electrons. The number of hydrogen-bond donors (Lipinski definition) is 2. The van der Waals surface area contributed by atoms with Gasteiger partial charge in [0.05, 0.1) is 0 Å². The van der Waals surface area contributed by atoms with E-state index in [0.717, 1.165) is 19.6 Å². The highest BCUT2D eigenvalue weighted by molar-refractivity contribution is 5.23. The van der Waals surface area contributed by atoms with Crippen molar-refractivity contribution < 1.29 is 0 Å². The van der Waals surface area contributed by atoms with Gasteiger partial charge in [-0.1, -0.05) is 54.1 Å². The van der Waals surface area contributed by atoms with Crippen LogP contribution in [0.5, 0.6) is 0 Å². The van der Waals surface area contributed by atoms with E-state index in [4.69, 9.17) is 0 Å². The van der Waals surface area contributed by atoms with Gasteiger partial charge in [-0.25, -0.2) is 0 Å². The average molecular weight is 254 g/mol. The Labute approximate surface area is 115 Å². The molecule has 0 aliphatic carbocycles. The molecule has 2 aromatic rings. The Balaban J connectivity index is 1.80. The summed E-state index contributed by atoms with van der Waals surface area (Å²) in [6.07, 6.45) is 0. The Bertz CT molecular complexity index is 486. The van der Waals surface area contributed by atoms with Gasteiger partial charge in [0.15, 0.2) is 0 Å². The molecule has 0 saturated heterocycles.